The predicted octanol–water partition coefficient (Wildman–Crippen LogP) is 3.02. The summed E-state index contributed by atoms with van der Waals surface area (Å²) in [5, 5.41) is 2.96. The van der Waals surface area contributed by atoms with Gasteiger partial charge < -0.3 is 10.2 Å². The Bertz CT molecular complexity index is 887. The number of hydrogen-bond donors (Lipinski definition) is 1. The number of likely N-dealkylation sites (tertiary alicyclic amines) is 1. The summed E-state index contributed by atoms with van der Waals surface area (Å²) in [6.07, 6.45) is 6.24. The van der Waals surface area contributed by atoms with Crippen molar-refractivity contribution in [1.29, 1.82) is 0 Å². The maximum absolute atomic E-state index is 13.2. The number of amides is 2. The van der Waals surface area contributed by atoms with E-state index in [1.165, 1.54) is 6.07 Å². The molecular formula is C23H35N3O4S. The number of carbonyl (C=O) groups excluding carboxylic acids is 2. The Kier molecular flexibility index (Phi) is 8.11. The Balaban J connectivity index is 1.71. The van der Waals surface area contributed by atoms with Gasteiger partial charge in [0.2, 0.25) is 15.9 Å². The van der Waals surface area contributed by atoms with Crippen molar-refractivity contribution in [1.82, 2.24) is 14.5 Å². The van der Waals surface area contributed by atoms with Gasteiger partial charge in [-0.3, -0.25) is 9.59 Å². The molecule has 0 spiro atoms. The highest BCUT2D eigenvalue weighted by molar-refractivity contribution is 7.89. The molecule has 2 fully saturated rings. The lowest BCUT2D eigenvalue weighted by Gasteiger charge is -2.33. The highest BCUT2D eigenvalue weighted by Gasteiger charge is 2.32. The van der Waals surface area contributed by atoms with Gasteiger partial charge in [0.25, 0.3) is 5.91 Å². The number of rotatable bonds is 7. The monoisotopic (exact) mass is 449 g/mol. The fraction of sp³-hybridized carbons (Fsp3) is 0.652. The van der Waals surface area contributed by atoms with E-state index in [9.17, 15) is 18.0 Å². The molecule has 172 valence electrons. The van der Waals surface area contributed by atoms with Gasteiger partial charge in [0.15, 0.2) is 0 Å². The number of nitrogens with one attached hydrogen (secondary N) is 1. The molecule has 2 amide bonds. The van der Waals surface area contributed by atoms with Gasteiger partial charge in [-0.2, -0.15) is 4.31 Å². The van der Waals surface area contributed by atoms with Crippen molar-refractivity contribution in [2.75, 3.05) is 26.2 Å². The molecule has 0 aromatic heterocycles. The summed E-state index contributed by atoms with van der Waals surface area (Å²) in [5.74, 6) is -0.424. The molecule has 2 atom stereocenters. The summed E-state index contributed by atoms with van der Waals surface area (Å²) in [6.45, 7) is 6.14. The van der Waals surface area contributed by atoms with Crippen LogP contribution in [0.15, 0.2) is 29.2 Å². The van der Waals surface area contributed by atoms with Gasteiger partial charge in [-0.25, -0.2) is 8.42 Å². The quantitative estimate of drug-likeness (QED) is 0.648. The van der Waals surface area contributed by atoms with Gasteiger partial charge in [-0.1, -0.05) is 25.8 Å². The van der Waals surface area contributed by atoms with Crippen LogP contribution in [0.5, 0.6) is 0 Å². The second-order valence-electron chi connectivity index (χ2n) is 8.72. The standard InChI is InChI=1S/C23H35N3O4S/c1-3-4-13-24-22(27)20-11-8-14-25(17-20)23(28)19-10-7-12-21(16-19)31(29,30)26-15-6-5-9-18(26)2/h7,10,12,16,18,20H,3-6,8-9,11,13-15,17H2,1-2H3,(H,24,27). The van der Waals surface area contributed by atoms with Crippen molar-refractivity contribution >= 4 is 21.8 Å². The van der Waals surface area contributed by atoms with E-state index in [2.05, 4.69) is 12.2 Å². The molecule has 8 heteroatoms. The smallest absolute Gasteiger partial charge is 0.253 e. The van der Waals surface area contributed by atoms with Crippen LogP contribution >= 0.6 is 0 Å². The van der Waals surface area contributed by atoms with Gasteiger partial charge in [0, 0.05) is 37.8 Å². The van der Waals surface area contributed by atoms with Crippen LogP contribution in [0.25, 0.3) is 0 Å². The molecule has 2 aliphatic rings. The predicted molar refractivity (Wildman–Crippen MR) is 120 cm³/mol. The molecule has 1 N–H and O–H groups in total. The molecule has 2 unspecified atom stereocenters. The highest BCUT2D eigenvalue weighted by atomic mass is 32.2. The Hall–Kier alpha value is -1.93. The zero-order chi connectivity index (χ0) is 22.4. The topological polar surface area (TPSA) is 86.8 Å². The van der Waals surface area contributed by atoms with Crippen LogP contribution in [-0.4, -0.2) is 61.7 Å². The fourth-order valence-corrected chi connectivity index (χ4v) is 6.19. The first-order chi connectivity index (χ1) is 14.8. The molecule has 3 rings (SSSR count). The van der Waals surface area contributed by atoms with Crippen LogP contribution in [0.3, 0.4) is 0 Å². The second-order valence-corrected chi connectivity index (χ2v) is 10.6. The Morgan fingerprint density at radius 3 is 2.68 bits per heavy atom. The van der Waals surface area contributed by atoms with E-state index in [0.717, 1.165) is 44.9 Å². The number of sulfonamides is 1. The van der Waals surface area contributed by atoms with Crippen molar-refractivity contribution < 1.29 is 18.0 Å². The van der Waals surface area contributed by atoms with Gasteiger partial charge in [0.1, 0.15) is 0 Å². The summed E-state index contributed by atoms with van der Waals surface area (Å²) >= 11 is 0. The Morgan fingerprint density at radius 1 is 1.13 bits per heavy atom. The lowest BCUT2D eigenvalue weighted by molar-refractivity contribution is -0.126. The van der Waals surface area contributed by atoms with E-state index >= 15 is 0 Å². The lowest BCUT2D eigenvalue weighted by atomic mass is 9.96. The summed E-state index contributed by atoms with van der Waals surface area (Å²) in [4.78, 5) is 27.4. The number of nitrogens with zero attached hydrogens (tertiary/aromatic N) is 2. The minimum atomic E-state index is -3.64. The minimum Gasteiger partial charge on any atom is -0.356 e. The first-order valence-electron chi connectivity index (χ1n) is 11.5. The van der Waals surface area contributed by atoms with E-state index in [4.69, 9.17) is 0 Å². The van der Waals surface area contributed by atoms with Crippen molar-refractivity contribution in [3.8, 4) is 0 Å². The molecule has 1 aromatic carbocycles. The average Bonchev–Trinajstić information content (AvgIpc) is 2.79. The largest absolute Gasteiger partial charge is 0.356 e. The van der Waals surface area contributed by atoms with Crippen molar-refractivity contribution in [2.45, 2.75) is 69.7 Å². The van der Waals surface area contributed by atoms with Gasteiger partial charge in [0.05, 0.1) is 10.8 Å². The summed E-state index contributed by atoms with van der Waals surface area (Å²) < 4.78 is 27.9. The number of carbonyl (C=O) groups is 2. The van der Waals surface area contributed by atoms with Crippen LogP contribution in [0.1, 0.15) is 69.2 Å². The van der Waals surface area contributed by atoms with Crippen LogP contribution < -0.4 is 5.32 Å². The van der Waals surface area contributed by atoms with Gasteiger partial charge in [-0.05, 0) is 57.2 Å². The average molecular weight is 450 g/mol. The first kappa shape index (κ1) is 23.7. The lowest BCUT2D eigenvalue weighted by Crippen LogP contribution is -2.45. The van der Waals surface area contributed by atoms with Crippen molar-refractivity contribution in [3.05, 3.63) is 29.8 Å². The van der Waals surface area contributed by atoms with Gasteiger partial charge in [-0.15, -0.1) is 0 Å². The maximum Gasteiger partial charge on any atom is 0.253 e. The van der Waals surface area contributed by atoms with Crippen LogP contribution in [0.4, 0.5) is 0 Å². The molecule has 31 heavy (non-hydrogen) atoms. The van der Waals surface area contributed by atoms with Crippen molar-refractivity contribution in [3.63, 3.8) is 0 Å². The molecular weight excluding hydrogens is 414 g/mol. The highest BCUT2D eigenvalue weighted by Crippen LogP contribution is 2.26. The summed E-state index contributed by atoms with van der Waals surface area (Å²) in [7, 11) is -3.64. The number of piperidine rings is 2. The molecule has 0 radical (unpaired) electrons. The molecule has 1 aromatic rings. The molecule has 0 saturated carbocycles. The third kappa shape index (κ3) is 5.66. The maximum atomic E-state index is 13.2. The Labute approximate surface area is 186 Å². The molecule has 2 heterocycles. The first-order valence-corrected chi connectivity index (χ1v) is 13.0. The summed E-state index contributed by atoms with van der Waals surface area (Å²) in [5.41, 5.74) is 0.359. The number of unbranched alkanes of at least 4 members (excludes halogenated alkanes) is 1. The molecule has 2 aliphatic heterocycles. The van der Waals surface area contributed by atoms with Crippen LogP contribution in [0.2, 0.25) is 0 Å². The molecule has 2 saturated heterocycles. The zero-order valence-corrected chi connectivity index (χ0v) is 19.5. The van der Waals surface area contributed by atoms with E-state index in [1.807, 2.05) is 6.92 Å². The number of benzene rings is 1. The van der Waals surface area contributed by atoms with Crippen LogP contribution in [-0.2, 0) is 14.8 Å². The number of hydrogen-bond acceptors (Lipinski definition) is 4. The van der Waals surface area contributed by atoms with E-state index in [1.54, 1.807) is 27.4 Å². The van der Waals surface area contributed by atoms with E-state index < -0.39 is 10.0 Å². The third-order valence-electron chi connectivity index (χ3n) is 6.34. The van der Waals surface area contributed by atoms with Crippen molar-refractivity contribution in [2.24, 2.45) is 5.92 Å². The fourth-order valence-electron chi connectivity index (χ4n) is 4.44. The molecule has 0 bridgehead atoms. The van der Waals surface area contributed by atoms with E-state index in [0.29, 0.717) is 31.7 Å². The normalized spacial score (nSPS) is 22.8. The summed E-state index contributed by atoms with van der Waals surface area (Å²) in [6, 6.07) is 6.31. The molecule has 7 nitrogen and oxygen atoms in total. The third-order valence-corrected chi connectivity index (χ3v) is 8.35. The Morgan fingerprint density at radius 2 is 1.94 bits per heavy atom. The van der Waals surface area contributed by atoms with E-state index in [-0.39, 0.29) is 28.7 Å². The second kappa shape index (κ2) is 10.6. The minimum absolute atomic E-state index is 0.00126. The van der Waals surface area contributed by atoms with Gasteiger partial charge >= 0.3 is 0 Å². The zero-order valence-electron chi connectivity index (χ0n) is 18.7. The molecule has 0 aliphatic carbocycles. The SMILES string of the molecule is CCCCNC(=O)C1CCCN(C(=O)c2cccc(S(=O)(=O)N3CCCCC3C)c2)C1. The van der Waals surface area contributed by atoms with Crippen LogP contribution in [0, 0.1) is 5.92 Å².